The van der Waals surface area contributed by atoms with Gasteiger partial charge in [-0.25, -0.2) is 0 Å². The van der Waals surface area contributed by atoms with Crippen molar-refractivity contribution < 1.29 is 4.92 Å². The van der Waals surface area contributed by atoms with Gasteiger partial charge in [0.05, 0.1) is 4.92 Å². The molecule has 9 heavy (non-hydrogen) atoms. The molecule has 50 valence electrons. The highest BCUT2D eigenvalue weighted by molar-refractivity contribution is 8.25. The van der Waals surface area contributed by atoms with Gasteiger partial charge in [0, 0.05) is 11.5 Å². The van der Waals surface area contributed by atoms with Crippen LogP contribution in [-0.4, -0.2) is 16.4 Å². The number of nitro groups is 1. The summed E-state index contributed by atoms with van der Waals surface area (Å²) in [6, 6.07) is 0. The quantitative estimate of drug-likeness (QED) is 0.434. The highest BCUT2D eigenvalue weighted by atomic mass is 32.2. The van der Waals surface area contributed by atoms with Gasteiger partial charge in [-0.3, -0.25) is 10.1 Å². The van der Waals surface area contributed by atoms with E-state index in [9.17, 15) is 10.1 Å². The van der Waals surface area contributed by atoms with Crippen LogP contribution in [0.5, 0.6) is 0 Å². The minimum absolute atomic E-state index is 0.402. The second kappa shape index (κ2) is 3.12. The van der Waals surface area contributed by atoms with Crippen molar-refractivity contribution in [2.24, 2.45) is 0 Å². The molecule has 0 aliphatic carbocycles. The maximum Gasteiger partial charge on any atom is 0.254 e. The van der Waals surface area contributed by atoms with Crippen LogP contribution in [0.25, 0.3) is 0 Å². The Morgan fingerprint density at radius 1 is 1.56 bits per heavy atom. The predicted molar refractivity (Wildman–Crippen MR) is 40.0 cm³/mol. The first-order valence-electron chi connectivity index (χ1n) is 2.40. The van der Waals surface area contributed by atoms with Crippen molar-refractivity contribution in [3.05, 3.63) is 20.6 Å². The molecule has 0 atom stereocenters. The predicted octanol–water partition coefficient (Wildman–Crippen LogP) is 1.54. The van der Waals surface area contributed by atoms with Crippen LogP contribution in [0.15, 0.2) is 10.4 Å². The van der Waals surface area contributed by atoms with Crippen molar-refractivity contribution in [3.63, 3.8) is 0 Å². The lowest BCUT2D eigenvalue weighted by Gasteiger charge is -1.83. The lowest BCUT2D eigenvalue weighted by Crippen LogP contribution is -1.82. The minimum Gasteiger partial charge on any atom is -0.259 e. The van der Waals surface area contributed by atoms with Crippen LogP contribution in [0.1, 0.15) is 0 Å². The van der Waals surface area contributed by atoms with E-state index in [1.165, 1.54) is 0 Å². The first-order chi connectivity index (χ1) is 4.29. The lowest BCUT2D eigenvalue weighted by molar-refractivity contribution is -0.402. The zero-order valence-electron chi connectivity index (χ0n) is 4.57. The Hall–Kier alpha value is -0.160. The number of nitrogens with zero attached hydrogens (tertiary/aromatic N) is 1. The van der Waals surface area contributed by atoms with Crippen LogP contribution in [0.4, 0.5) is 0 Å². The van der Waals surface area contributed by atoms with Gasteiger partial charge in [-0.2, -0.15) is 0 Å². The number of hydrogen-bond donors (Lipinski definition) is 0. The van der Waals surface area contributed by atoms with E-state index in [-0.39, 0.29) is 0 Å². The zero-order valence-corrected chi connectivity index (χ0v) is 6.20. The Balaban J connectivity index is 2.49. The molecule has 3 nitrogen and oxygen atoms in total. The molecular formula is C4H5NO2S2. The molecular weight excluding hydrogens is 158 g/mol. The highest BCUT2D eigenvalue weighted by Gasteiger charge is 2.10. The minimum atomic E-state index is -0.402. The molecule has 0 radical (unpaired) electrons. The first kappa shape index (κ1) is 6.95. The van der Waals surface area contributed by atoms with E-state index in [0.29, 0.717) is 0 Å². The van der Waals surface area contributed by atoms with Crippen LogP contribution < -0.4 is 0 Å². The molecule has 1 saturated heterocycles. The highest BCUT2D eigenvalue weighted by Crippen LogP contribution is 2.35. The second-order valence-corrected chi connectivity index (χ2v) is 3.96. The fraction of sp³-hybridized carbons (Fsp3) is 0.500. The number of thioether (sulfide) groups is 2. The van der Waals surface area contributed by atoms with Crippen LogP contribution in [0.3, 0.4) is 0 Å². The van der Waals surface area contributed by atoms with E-state index in [2.05, 4.69) is 0 Å². The monoisotopic (exact) mass is 163 g/mol. The third-order valence-corrected chi connectivity index (χ3v) is 3.34. The second-order valence-electron chi connectivity index (χ2n) is 1.43. The number of rotatable bonds is 1. The molecule has 1 heterocycles. The van der Waals surface area contributed by atoms with Gasteiger partial charge in [-0.05, 0) is 0 Å². The van der Waals surface area contributed by atoms with Crippen LogP contribution in [0.2, 0.25) is 0 Å². The Labute approximate surface area is 61.0 Å². The first-order valence-corrected chi connectivity index (χ1v) is 4.37. The summed E-state index contributed by atoms with van der Waals surface area (Å²) in [5, 5.41) is 9.86. The maximum absolute atomic E-state index is 9.86. The Morgan fingerprint density at radius 3 is 2.56 bits per heavy atom. The number of hydrogen-bond acceptors (Lipinski definition) is 4. The zero-order chi connectivity index (χ0) is 6.69. The molecule has 0 unspecified atom stereocenters. The fourth-order valence-corrected chi connectivity index (χ4v) is 2.71. The van der Waals surface area contributed by atoms with E-state index < -0.39 is 4.92 Å². The molecule has 0 aromatic carbocycles. The van der Waals surface area contributed by atoms with E-state index in [4.69, 9.17) is 0 Å². The summed E-state index contributed by atoms with van der Waals surface area (Å²) < 4.78 is 0.833. The summed E-state index contributed by atoms with van der Waals surface area (Å²) in [4.78, 5) is 9.46. The normalized spacial score (nSPS) is 18.0. The van der Waals surface area contributed by atoms with Crippen molar-refractivity contribution in [3.8, 4) is 0 Å². The average Bonchev–Trinajstić information content (AvgIpc) is 2.15. The van der Waals surface area contributed by atoms with Gasteiger partial charge in [0.1, 0.15) is 4.24 Å². The third kappa shape index (κ3) is 2.28. The van der Waals surface area contributed by atoms with Gasteiger partial charge in [0.15, 0.2) is 0 Å². The Kier molecular flexibility index (Phi) is 2.41. The van der Waals surface area contributed by atoms with Crippen LogP contribution >= 0.6 is 23.5 Å². The standard InChI is InChI=1S/C4H5NO2S2/c6-5(7)3-4-8-1-2-9-4/h3H,1-2H2. The van der Waals surface area contributed by atoms with Gasteiger partial charge in [-0.15, -0.1) is 23.5 Å². The molecule has 5 heteroatoms. The molecule has 0 aromatic heterocycles. The van der Waals surface area contributed by atoms with Gasteiger partial charge in [0.25, 0.3) is 6.20 Å². The summed E-state index contributed by atoms with van der Waals surface area (Å²) in [7, 11) is 0. The van der Waals surface area contributed by atoms with Crippen molar-refractivity contribution in [1.29, 1.82) is 0 Å². The van der Waals surface area contributed by atoms with Gasteiger partial charge >= 0.3 is 0 Å². The van der Waals surface area contributed by atoms with Gasteiger partial charge < -0.3 is 0 Å². The molecule has 1 aliphatic rings. The SMILES string of the molecule is O=[N+]([O-])C=C1SCCS1. The molecule has 1 aliphatic heterocycles. The summed E-state index contributed by atoms with van der Waals surface area (Å²) in [5.41, 5.74) is 0. The summed E-state index contributed by atoms with van der Waals surface area (Å²) in [5.74, 6) is 2.01. The van der Waals surface area contributed by atoms with E-state index >= 15 is 0 Å². The van der Waals surface area contributed by atoms with Gasteiger partial charge in [-0.1, -0.05) is 0 Å². The average molecular weight is 163 g/mol. The van der Waals surface area contributed by atoms with Crippen molar-refractivity contribution in [2.45, 2.75) is 0 Å². The van der Waals surface area contributed by atoms with Crippen molar-refractivity contribution in [1.82, 2.24) is 0 Å². The Bertz CT molecular complexity index is 149. The summed E-state index contributed by atoms with van der Waals surface area (Å²) in [6.45, 7) is 0. The van der Waals surface area contributed by atoms with E-state index in [0.717, 1.165) is 21.9 Å². The molecule has 0 amide bonds. The molecule has 0 saturated carbocycles. The maximum atomic E-state index is 9.86. The molecule has 0 spiro atoms. The topological polar surface area (TPSA) is 43.1 Å². The van der Waals surface area contributed by atoms with Gasteiger partial charge in [0.2, 0.25) is 0 Å². The molecule has 1 fully saturated rings. The molecule has 0 bridgehead atoms. The van der Waals surface area contributed by atoms with Crippen molar-refractivity contribution >= 4 is 23.5 Å². The Morgan fingerprint density at radius 2 is 2.11 bits per heavy atom. The van der Waals surface area contributed by atoms with Crippen molar-refractivity contribution in [2.75, 3.05) is 11.5 Å². The summed E-state index contributed by atoms with van der Waals surface area (Å²) in [6.07, 6.45) is 1.07. The van der Waals surface area contributed by atoms with Crippen LogP contribution in [-0.2, 0) is 0 Å². The lowest BCUT2D eigenvalue weighted by atomic mass is 11.0. The fourth-order valence-electron chi connectivity index (χ4n) is 0.487. The van der Waals surface area contributed by atoms with E-state index in [1.54, 1.807) is 23.5 Å². The van der Waals surface area contributed by atoms with Crippen LogP contribution in [0, 0.1) is 10.1 Å². The molecule has 0 N–H and O–H groups in total. The third-order valence-electron chi connectivity index (χ3n) is 0.783. The summed E-state index contributed by atoms with van der Waals surface area (Å²) >= 11 is 3.11. The molecule has 1 rings (SSSR count). The largest absolute Gasteiger partial charge is 0.259 e. The molecule has 0 aromatic rings. The smallest absolute Gasteiger partial charge is 0.254 e. The van der Waals surface area contributed by atoms with E-state index in [1.807, 2.05) is 0 Å².